The van der Waals surface area contributed by atoms with Crippen LogP contribution in [-0.2, 0) is 0 Å². The van der Waals surface area contributed by atoms with Crippen molar-refractivity contribution in [3.63, 3.8) is 0 Å². The van der Waals surface area contributed by atoms with Crippen LogP contribution in [0.1, 0.15) is 0 Å². The first-order valence-electron chi connectivity index (χ1n) is 5.51. The minimum Gasteiger partial charge on any atom is -0.490 e. The highest BCUT2D eigenvalue weighted by atomic mass is 35.5. The van der Waals surface area contributed by atoms with Gasteiger partial charge in [-0.15, -0.1) is 0 Å². The molecule has 0 aliphatic rings. The van der Waals surface area contributed by atoms with Gasteiger partial charge in [-0.05, 0) is 48.5 Å². The van der Waals surface area contributed by atoms with Crippen LogP contribution in [0.4, 0.5) is 4.39 Å². The predicted octanol–water partition coefficient (Wildman–Crippen LogP) is 3.94. The topological polar surface area (TPSA) is 18.5 Å². The van der Waals surface area contributed by atoms with Gasteiger partial charge in [0, 0.05) is 5.02 Å². The van der Waals surface area contributed by atoms with Crippen LogP contribution in [0.3, 0.4) is 0 Å². The van der Waals surface area contributed by atoms with Gasteiger partial charge in [-0.25, -0.2) is 4.39 Å². The van der Waals surface area contributed by atoms with E-state index in [1.807, 2.05) is 0 Å². The van der Waals surface area contributed by atoms with Crippen LogP contribution in [0.15, 0.2) is 48.5 Å². The van der Waals surface area contributed by atoms with Crippen LogP contribution in [0.25, 0.3) is 0 Å². The maximum absolute atomic E-state index is 12.6. The molecule has 94 valence electrons. The zero-order valence-electron chi connectivity index (χ0n) is 9.61. The molecule has 0 spiro atoms. The first-order chi connectivity index (χ1) is 8.74. The first-order valence-corrected chi connectivity index (χ1v) is 5.88. The van der Waals surface area contributed by atoms with Crippen molar-refractivity contribution in [3.05, 3.63) is 59.4 Å². The molecule has 0 saturated heterocycles. The van der Waals surface area contributed by atoms with Crippen molar-refractivity contribution in [2.24, 2.45) is 0 Å². The highest BCUT2D eigenvalue weighted by Gasteiger charge is 1.96. The zero-order valence-corrected chi connectivity index (χ0v) is 10.4. The highest BCUT2D eigenvalue weighted by molar-refractivity contribution is 6.30. The van der Waals surface area contributed by atoms with Gasteiger partial charge in [0.1, 0.15) is 30.5 Å². The predicted molar refractivity (Wildman–Crippen MR) is 68.8 cm³/mol. The molecule has 0 atom stereocenters. The molecule has 0 radical (unpaired) electrons. The van der Waals surface area contributed by atoms with Gasteiger partial charge in [-0.3, -0.25) is 0 Å². The molecule has 2 aromatic rings. The van der Waals surface area contributed by atoms with Crippen molar-refractivity contribution in [1.82, 2.24) is 0 Å². The molecule has 0 fully saturated rings. The quantitative estimate of drug-likeness (QED) is 0.763. The first kappa shape index (κ1) is 12.7. The maximum Gasteiger partial charge on any atom is 0.123 e. The number of hydrogen-bond acceptors (Lipinski definition) is 2. The number of rotatable bonds is 5. The molecule has 18 heavy (non-hydrogen) atoms. The van der Waals surface area contributed by atoms with Crippen LogP contribution in [0.5, 0.6) is 11.5 Å². The fourth-order valence-electron chi connectivity index (χ4n) is 1.38. The van der Waals surface area contributed by atoms with E-state index in [0.717, 1.165) is 5.75 Å². The molecule has 0 bridgehead atoms. The van der Waals surface area contributed by atoms with Gasteiger partial charge in [0.15, 0.2) is 0 Å². The van der Waals surface area contributed by atoms with Crippen molar-refractivity contribution in [2.75, 3.05) is 13.2 Å². The van der Waals surface area contributed by atoms with Gasteiger partial charge in [0.25, 0.3) is 0 Å². The Balaban J connectivity index is 1.73. The summed E-state index contributed by atoms with van der Waals surface area (Å²) < 4.78 is 23.5. The van der Waals surface area contributed by atoms with Crippen LogP contribution in [0, 0.1) is 5.82 Å². The molecule has 0 saturated carbocycles. The molecular weight excluding hydrogens is 255 g/mol. The van der Waals surface area contributed by atoms with Crippen molar-refractivity contribution < 1.29 is 13.9 Å². The number of hydrogen-bond donors (Lipinski definition) is 0. The van der Waals surface area contributed by atoms with E-state index in [4.69, 9.17) is 21.1 Å². The second-order valence-corrected chi connectivity index (χ2v) is 4.04. The Morgan fingerprint density at radius 1 is 0.778 bits per heavy atom. The van der Waals surface area contributed by atoms with E-state index < -0.39 is 0 Å². The number of halogens is 2. The fourth-order valence-corrected chi connectivity index (χ4v) is 1.51. The van der Waals surface area contributed by atoms with Crippen LogP contribution in [-0.4, -0.2) is 13.2 Å². The van der Waals surface area contributed by atoms with Crippen LogP contribution >= 0.6 is 11.6 Å². The monoisotopic (exact) mass is 266 g/mol. The minimum atomic E-state index is -0.278. The standard InChI is InChI=1S/C14H12ClFO2/c15-11-1-5-13(6-2-11)17-9-10-18-14-7-3-12(16)4-8-14/h1-8H,9-10H2. The third-order valence-electron chi connectivity index (χ3n) is 2.25. The largest absolute Gasteiger partial charge is 0.490 e. The van der Waals surface area contributed by atoms with E-state index in [2.05, 4.69) is 0 Å². The van der Waals surface area contributed by atoms with Crippen molar-refractivity contribution in [3.8, 4) is 11.5 Å². The van der Waals surface area contributed by atoms with Crippen molar-refractivity contribution in [1.29, 1.82) is 0 Å². The summed E-state index contributed by atoms with van der Waals surface area (Å²) in [6.45, 7) is 0.813. The number of ether oxygens (including phenoxy) is 2. The number of benzene rings is 2. The molecule has 0 amide bonds. The van der Waals surface area contributed by atoms with Gasteiger partial charge in [-0.2, -0.15) is 0 Å². The summed E-state index contributed by atoms with van der Waals surface area (Å²) in [7, 11) is 0. The normalized spacial score (nSPS) is 10.1. The fraction of sp³-hybridized carbons (Fsp3) is 0.143. The summed E-state index contributed by atoms with van der Waals surface area (Å²) in [6, 6.07) is 13.0. The molecule has 0 heterocycles. The lowest BCUT2D eigenvalue weighted by molar-refractivity contribution is 0.217. The molecule has 0 aliphatic carbocycles. The zero-order chi connectivity index (χ0) is 12.8. The molecule has 2 aromatic carbocycles. The van der Waals surface area contributed by atoms with E-state index in [0.29, 0.717) is 24.0 Å². The highest BCUT2D eigenvalue weighted by Crippen LogP contribution is 2.15. The summed E-state index contributed by atoms with van der Waals surface area (Å²) in [5.74, 6) is 1.08. The second kappa shape index (κ2) is 6.26. The minimum absolute atomic E-state index is 0.278. The Labute approximate surface area is 110 Å². The smallest absolute Gasteiger partial charge is 0.123 e. The van der Waals surface area contributed by atoms with E-state index in [-0.39, 0.29) is 5.82 Å². The molecule has 0 aromatic heterocycles. The molecule has 2 rings (SSSR count). The molecule has 0 unspecified atom stereocenters. The van der Waals surface area contributed by atoms with Crippen LogP contribution < -0.4 is 9.47 Å². The van der Waals surface area contributed by atoms with Crippen molar-refractivity contribution in [2.45, 2.75) is 0 Å². The van der Waals surface area contributed by atoms with E-state index in [1.165, 1.54) is 12.1 Å². The third kappa shape index (κ3) is 3.93. The Hall–Kier alpha value is -1.74. The summed E-state index contributed by atoms with van der Waals surface area (Å²) in [5, 5.41) is 0.671. The lowest BCUT2D eigenvalue weighted by Gasteiger charge is -2.08. The molecule has 2 nitrogen and oxygen atoms in total. The Morgan fingerprint density at radius 3 is 1.72 bits per heavy atom. The molecule has 0 aliphatic heterocycles. The van der Waals surface area contributed by atoms with E-state index >= 15 is 0 Å². The Kier molecular flexibility index (Phi) is 4.42. The molecule has 0 N–H and O–H groups in total. The summed E-state index contributed by atoms with van der Waals surface area (Å²) in [6.07, 6.45) is 0. The maximum atomic E-state index is 12.6. The lowest BCUT2D eigenvalue weighted by Crippen LogP contribution is -2.08. The van der Waals surface area contributed by atoms with Crippen molar-refractivity contribution >= 4 is 11.6 Å². The summed E-state index contributed by atoms with van der Waals surface area (Å²) in [4.78, 5) is 0. The molecular formula is C14H12ClFO2. The van der Waals surface area contributed by atoms with E-state index in [9.17, 15) is 4.39 Å². The van der Waals surface area contributed by atoms with Gasteiger partial charge in [0.05, 0.1) is 0 Å². The lowest BCUT2D eigenvalue weighted by atomic mass is 10.3. The second-order valence-electron chi connectivity index (χ2n) is 3.60. The average Bonchev–Trinajstić information content (AvgIpc) is 2.39. The Morgan fingerprint density at radius 2 is 1.22 bits per heavy atom. The molecule has 4 heteroatoms. The third-order valence-corrected chi connectivity index (χ3v) is 2.50. The van der Waals surface area contributed by atoms with Crippen LogP contribution in [0.2, 0.25) is 5.02 Å². The van der Waals surface area contributed by atoms with E-state index in [1.54, 1.807) is 36.4 Å². The Bertz CT molecular complexity index is 435. The van der Waals surface area contributed by atoms with Gasteiger partial charge in [0.2, 0.25) is 0 Å². The van der Waals surface area contributed by atoms with Gasteiger partial charge < -0.3 is 9.47 Å². The SMILES string of the molecule is Fc1ccc(OCCOc2ccc(Cl)cc2)cc1. The average molecular weight is 267 g/mol. The van der Waals surface area contributed by atoms with Gasteiger partial charge >= 0.3 is 0 Å². The van der Waals surface area contributed by atoms with Gasteiger partial charge in [-0.1, -0.05) is 11.6 Å². The summed E-state index contributed by atoms with van der Waals surface area (Å²) >= 11 is 5.75. The summed E-state index contributed by atoms with van der Waals surface area (Å²) in [5.41, 5.74) is 0.